The molecule has 0 bridgehead atoms. The van der Waals surface area contributed by atoms with Crippen LogP contribution in [0.5, 0.6) is 0 Å². The second kappa shape index (κ2) is 11.8. The Kier molecular flexibility index (Phi) is 10.1. The Hall–Kier alpha value is -0.120. The van der Waals surface area contributed by atoms with Gasteiger partial charge in [-0.15, -0.1) is 24.0 Å². The standard InChI is InChI=1S/C20H38N4O2.HI/c1-3-25-12-10-20(8-4-5-9-20)16-23-19(21-2)22-13-18-14-24-11-6-7-17(24)15-26-18;/h17-18H,3-16H2,1-2H3,(H2,21,22,23);1H. The molecule has 0 radical (unpaired) electrons. The minimum absolute atomic E-state index is 0. The molecule has 0 aromatic carbocycles. The zero-order valence-electron chi connectivity index (χ0n) is 17.2. The quantitative estimate of drug-likeness (QED) is 0.235. The number of morpholine rings is 1. The molecule has 2 aliphatic heterocycles. The van der Waals surface area contributed by atoms with Crippen LogP contribution in [0.1, 0.15) is 51.9 Å². The Labute approximate surface area is 182 Å². The van der Waals surface area contributed by atoms with E-state index in [-0.39, 0.29) is 30.1 Å². The second-order valence-electron chi connectivity index (χ2n) is 8.21. The predicted molar refractivity (Wildman–Crippen MR) is 121 cm³/mol. The monoisotopic (exact) mass is 494 g/mol. The third kappa shape index (κ3) is 6.72. The van der Waals surface area contributed by atoms with Crippen molar-refractivity contribution in [3.05, 3.63) is 0 Å². The molecule has 3 aliphatic rings. The van der Waals surface area contributed by atoms with Gasteiger partial charge in [-0.3, -0.25) is 9.89 Å². The summed E-state index contributed by atoms with van der Waals surface area (Å²) in [5, 5.41) is 7.06. The van der Waals surface area contributed by atoms with Crippen LogP contribution in [0.2, 0.25) is 0 Å². The maximum atomic E-state index is 6.05. The summed E-state index contributed by atoms with van der Waals surface area (Å²) >= 11 is 0. The lowest BCUT2D eigenvalue weighted by Gasteiger charge is -2.35. The van der Waals surface area contributed by atoms with Gasteiger partial charge in [0.25, 0.3) is 0 Å². The van der Waals surface area contributed by atoms with Crippen LogP contribution >= 0.6 is 24.0 Å². The average molecular weight is 494 g/mol. The van der Waals surface area contributed by atoms with Crippen LogP contribution in [0.4, 0.5) is 0 Å². The van der Waals surface area contributed by atoms with E-state index in [1.165, 1.54) is 45.1 Å². The van der Waals surface area contributed by atoms with Crippen molar-refractivity contribution < 1.29 is 9.47 Å². The number of ether oxygens (including phenoxy) is 2. The molecule has 2 heterocycles. The first-order chi connectivity index (χ1) is 12.7. The lowest BCUT2D eigenvalue weighted by Crippen LogP contribution is -2.52. The van der Waals surface area contributed by atoms with Crippen molar-refractivity contribution >= 4 is 29.9 Å². The molecule has 158 valence electrons. The Balaban J connectivity index is 0.00000261. The minimum atomic E-state index is 0. The number of rotatable bonds is 8. The number of nitrogens with one attached hydrogen (secondary N) is 2. The Morgan fingerprint density at radius 1 is 1.26 bits per heavy atom. The van der Waals surface area contributed by atoms with Crippen LogP contribution < -0.4 is 10.6 Å². The van der Waals surface area contributed by atoms with Crippen molar-refractivity contribution in [1.82, 2.24) is 15.5 Å². The molecule has 0 aromatic heterocycles. The van der Waals surface area contributed by atoms with Crippen molar-refractivity contribution in [3.8, 4) is 0 Å². The van der Waals surface area contributed by atoms with Gasteiger partial charge in [-0.25, -0.2) is 0 Å². The third-order valence-corrected chi connectivity index (χ3v) is 6.46. The third-order valence-electron chi connectivity index (χ3n) is 6.46. The van der Waals surface area contributed by atoms with Gasteiger partial charge in [-0.1, -0.05) is 12.8 Å². The highest BCUT2D eigenvalue weighted by Crippen LogP contribution is 2.40. The molecule has 0 aromatic rings. The molecule has 2 unspecified atom stereocenters. The molecule has 6 nitrogen and oxygen atoms in total. The highest BCUT2D eigenvalue weighted by Gasteiger charge is 2.34. The summed E-state index contributed by atoms with van der Waals surface area (Å²) < 4.78 is 11.7. The summed E-state index contributed by atoms with van der Waals surface area (Å²) in [6.07, 6.45) is 9.31. The van der Waals surface area contributed by atoms with Crippen molar-refractivity contribution in [2.45, 2.75) is 64.0 Å². The molecule has 1 aliphatic carbocycles. The molecular weight excluding hydrogens is 455 g/mol. The summed E-state index contributed by atoms with van der Waals surface area (Å²) in [6, 6.07) is 0.663. The van der Waals surface area contributed by atoms with E-state index in [1.807, 2.05) is 7.05 Å². The SMILES string of the molecule is CCOCCC1(CNC(=NC)NCC2CN3CCCC3CO2)CCCC1.I. The Morgan fingerprint density at radius 3 is 2.81 bits per heavy atom. The summed E-state index contributed by atoms with van der Waals surface area (Å²) in [6.45, 7) is 8.74. The number of nitrogens with zero attached hydrogens (tertiary/aromatic N) is 2. The molecule has 2 atom stereocenters. The first-order valence-corrected chi connectivity index (χ1v) is 10.6. The number of hydrogen-bond donors (Lipinski definition) is 2. The molecule has 3 fully saturated rings. The van der Waals surface area contributed by atoms with Crippen molar-refractivity contribution in [2.75, 3.05) is 53.0 Å². The number of hydrogen-bond acceptors (Lipinski definition) is 4. The first-order valence-electron chi connectivity index (χ1n) is 10.6. The smallest absolute Gasteiger partial charge is 0.191 e. The van der Waals surface area contributed by atoms with Gasteiger partial charge in [0.2, 0.25) is 0 Å². The highest BCUT2D eigenvalue weighted by molar-refractivity contribution is 14.0. The zero-order chi connectivity index (χ0) is 18.2. The molecule has 7 heteroatoms. The number of aliphatic imine (C=N–C) groups is 1. The van der Waals surface area contributed by atoms with Crippen LogP contribution in [-0.2, 0) is 9.47 Å². The van der Waals surface area contributed by atoms with Crippen molar-refractivity contribution in [3.63, 3.8) is 0 Å². The predicted octanol–water partition coefficient (Wildman–Crippen LogP) is 2.62. The van der Waals surface area contributed by atoms with Gasteiger partial charge < -0.3 is 20.1 Å². The lowest BCUT2D eigenvalue weighted by atomic mass is 9.83. The van der Waals surface area contributed by atoms with E-state index in [2.05, 4.69) is 27.4 Å². The Morgan fingerprint density at radius 2 is 2.07 bits per heavy atom. The number of halogens is 1. The molecule has 2 saturated heterocycles. The largest absolute Gasteiger partial charge is 0.382 e. The fourth-order valence-electron chi connectivity index (χ4n) is 4.78. The van der Waals surface area contributed by atoms with Gasteiger partial charge in [0.15, 0.2) is 5.96 Å². The van der Waals surface area contributed by atoms with Gasteiger partial charge in [0.05, 0.1) is 12.7 Å². The van der Waals surface area contributed by atoms with Gasteiger partial charge in [-0.05, 0) is 51.0 Å². The van der Waals surface area contributed by atoms with Crippen LogP contribution in [0.25, 0.3) is 0 Å². The Bertz CT molecular complexity index is 457. The maximum absolute atomic E-state index is 6.05. The minimum Gasteiger partial charge on any atom is -0.382 e. The van der Waals surface area contributed by atoms with Crippen LogP contribution in [0, 0.1) is 5.41 Å². The summed E-state index contributed by atoms with van der Waals surface area (Å²) in [5.74, 6) is 0.903. The van der Waals surface area contributed by atoms with E-state index in [4.69, 9.17) is 9.47 Å². The topological polar surface area (TPSA) is 58.1 Å². The summed E-state index contributed by atoms with van der Waals surface area (Å²) in [7, 11) is 1.86. The molecule has 0 spiro atoms. The maximum Gasteiger partial charge on any atom is 0.191 e. The number of fused-ring (bicyclic) bond motifs is 1. The number of guanidine groups is 1. The van der Waals surface area contributed by atoms with Gasteiger partial charge >= 0.3 is 0 Å². The molecule has 27 heavy (non-hydrogen) atoms. The van der Waals surface area contributed by atoms with Gasteiger partial charge in [0.1, 0.15) is 0 Å². The van der Waals surface area contributed by atoms with Gasteiger partial charge in [0, 0.05) is 45.9 Å². The molecule has 2 N–H and O–H groups in total. The van der Waals surface area contributed by atoms with Crippen molar-refractivity contribution in [2.24, 2.45) is 10.4 Å². The zero-order valence-corrected chi connectivity index (χ0v) is 19.5. The van der Waals surface area contributed by atoms with E-state index in [1.54, 1.807) is 0 Å². The van der Waals surface area contributed by atoms with E-state index in [9.17, 15) is 0 Å². The van der Waals surface area contributed by atoms with E-state index >= 15 is 0 Å². The van der Waals surface area contributed by atoms with E-state index < -0.39 is 0 Å². The normalized spacial score (nSPS) is 27.9. The fourth-order valence-corrected chi connectivity index (χ4v) is 4.78. The fraction of sp³-hybridized carbons (Fsp3) is 0.950. The average Bonchev–Trinajstić information content (AvgIpc) is 3.31. The molecule has 1 saturated carbocycles. The molecule has 3 rings (SSSR count). The lowest BCUT2D eigenvalue weighted by molar-refractivity contribution is -0.0453. The van der Waals surface area contributed by atoms with E-state index in [0.29, 0.717) is 11.5 Å². The molecular formula is C20H39IN4O2. The second-order valence-corrected chi connectivity index (χ2v) is 8.21. The van der Waals surface area contributed by atoms with Crippen LogP contribution in [0.15, 0.2) is 4.99 Å². The summed E-state index contributed by atoms with van der Waals surface area (Å²) in [5.41, 5.74) is 0.372. The highest BCUT2D eigenvalue weighted by atomic mass is 127. The van der Waals surface area contributed by atoms with Crippen LogP contribution in [-0.4, -0.2) is 76.1 Å². The molecule has 0 amide bonds. The van der Waals surface area contributed by atoms with E-state index in [0.717, 1.165) is 51.8 Å². The summed E-state index contributed by atoms with van der Waals surface area (Å²) in [4.78, 5) is 7.01. The first kappa shape index (κ1) is 23.2. The van der Waals surface area contributed by atoms with Crippen molar-refractivity contribution in [1.29, 1.82) is 0 Å². The van der Waals surface area contributed by atoms with Gasteiger partial charge in [-0.2, -0.15) is 0 Å². The van der Waals surface area contributed by atoms with Crippen LogP contribution in [0.3, 0.4) is 0 Å².